The predicted octanol–water partition coefficient (Wildman–Crippen LogP) is 3.55. The number of rotatable bonds is 7. The van der Waals surface area contributed by atoms with E-state index >= 15 is 0 Å². The maximum absolute atomic E-state index is 6.23. The van der Waals surface area contributed by atoms with Crippen LogP contribution in [-0.2, 0) is 7.05 Å². The maximum Gasteiger partial charge on any atom is 0.0834 e. The molecule has 1 heterocycles. The molecule has 1 aromatic heterocycles. The number of nitrogens with zero attached hydrogens (tertiary/aromatic N) is 2. The molecule has 0 aliphatic rings. The molecule has 2 unspecified atom stereocenters. The van der Waals surface area contributed by atoms with Gasteiger partial charge in [0.1, 0.15) is 0 Å². The van der Waals surface area contributed by atoms with Crippen LogP contribution in [0.4, 0.5) is 0 Å². The Morgan fingerprint density at radius 1 is 1.47 bits per heavy atom. The van der Waals surface area contributed by atoms with Crippen molar-refractivity contribution in [2.45, 2.75) is 46.1 Å². The monoisotopic (exact) mass is 257 g/mol. The number of hydrogen-bond acceptors (Lipinski definition) is 2. The summed E-state index contributed by atoms with van der Waals surface area (Å²) in [6.07, 6.45) is 5.45. The number of unbranched alkanes of at least 4 members (excludes halogenated alkanes) is 1. The van der Waals surface area contributed by atoms with Crippen LogP contribution in [0.5, 0.6) is 0 Å². The second-order valence-corrected chi connectivity index (χ2v) is 5.06. The van der Waals surface area contributed by atoms with Crippen molar-refractivity contribution < 1.29 is 0 Å². The van der Waals surface area contributed by atoms with E-state index in [9.17, 15) is 0 Å². The minimum Gasteiger partial charge on any atom is -0.309 e. The van der Waals surface area contributed by atoms with E-state index in [-0.39, 0.29) is 0 Å². The molecule has 2 atom stereocenters. The lowest BCUT2D eigenvalue weighted by molar-refractivity contribution is 0.347. The Kier molecular flexibility index (Phi) is 6.00. The van der Waals surface area contributed by atoms with E-state index in [2.05, 4.69) is 31.2 Å². The zero-order valence-corrected chi connectivity index (χ0v) is 12.1. The molecule has 98 valence electrons. The summed E-state index contributed by atoms with van der Waals surface area (Å²) >= 11 is 6.23. The third-order valence-electron chi connectivity index (χ3n) is 3.24. The molecular formula is C13H24ClN3. The van der Waals surface area contributed by atoms with Gasteiger partial charge in [-0.3, -0.25) is 4.68 Å². The first-order chi connectivity index (χ1) is 8.11. The van der Waals surface area contributed by atoms with Gasteiger partial charge < -0.3 is 5.32 Å². The van der Waals surface area contributed by atoms with Crippen molar-refractivity contribution in [3.8, 4) is 0 Å². The van der Waals surface area contributed by atoms with Gasteiger partial charge in [-0.25, -0.2) is 0 Å². The fraction of sp³-hybridized carbons (Fsp3) is 0.769. The van der Waals surface area contributed by atoms with E-state index in [1.165, 1.54) is 19.3 Å². The Balaban J connectivity index is 2.84. The van der Waals surface area contributed by atoms with E-state index < -0.39 is 0 Å². The molecule has 1 aromatic rings. The van der Waals surface area contributed by atoms with Gasteiger partial charge in [-0.05, 0) is 18.9 Å². The molecular weight excluding hydrogens is 234 g/mol. The Hall–Kier alpha value is -0.540. The molecule has 0 saturated carbocycles. The average Bonchev–Trinajstić information content (AvgIpc) is 2.63. The summed E-state index contributed by atoms with van der Waals surface area (Å²) in [5.41, 5.74) is 1.11. The highest BCUT2D eigenvalue weighted by Gasteiger charge is 2.23. The molecule has 17 heavy (non-hydrogen) atoms. The van der Waals surface area contributed by atoms with Crippen LogP contribution in [0.1, 0.15) is 51.8 Å². The fourth-order valence-corrected chi connectivity index (χ4v) is 2.53. The van der Waals surface area contributed by atoms with Crippen LogP contribution < -0.4 is 5.32 Å². The molecule has 0 bridgehead atoms. The van der Waals surface area contributed by atoms with Crippen molar-refractivity contribution in [3.05, 3.63) is 16.9 Å². The highest BCUT2D eigenvalue weighted by atomic mass is 35.5. The van der Waals surface area contributed by atoms with Gasteiger partial charge in [0.2, 0.25) is 0 Å². The Morgan fingerprint density at radius 3 is 2.65 bits per heavy atom. The average molecular weight is 258 g/mol. The summed E-state index contributed by atoms with van der Waals surface area (Å²) in [7, 11) is 1.96. The highest BCUT2D eigenvalue weighted by Crippen LogP contribution is 2.30. The zero-order valence-electron chi connectivity index (χ0n) is 11.3. The molecule has 0 amide bonds. The topological polar surface area (TPSA) is 29.9 Å². The van der Waals surface area contributed by atoms with Crippen LogP contribution in [0.3, 0.4) is 0 Å². The first kappa shape index (κ1) is 14.5. The van der Waals surface area contributed by atoms with Crippen molar-refractivity contribution in [3.63, 3.8) is 0 Å². The molecule has 0 saturated heterocycles. The molecule has 0 fully saturated rings. The van der Waals surface area contributed by atoms with E-state index in [1.807, 2.05) is 11.7 Å². The summed E-state index contributed by atoms with van der Waals surface area (Å²) in [5, 5.41) is 8.52. The maximum atomic E-state index is 6.23. The normalized spacial score (nSPS) is 14.9. The van der Waals surface area contributed by atoms with Gasteiger partial charge in [-0.2, -0.15) is 5.10 Å². The summed E-state index contributed by atoms with van der Waals surface area (Å²) in [4.78, 5) is 0. The molecule has 1 N–H and O–H groups in total. The molecule has 3 nitrogen and oxygen atoms in total. The lowest BCUT2D eigenvalue weighted by Crippen LogP contribution is -2.29. The Morgan fingerprint density at radius 2 is 2.18 bits per heavy atom. The molecule has 0 spiro atoms. The Labute approximate surface area is 110 Å². The predicted molar refractivity (Wildman–Crippen MR) is 73.3 cm³/mol. The number of aromatic nitrogens is 2. The molecule has 0 aliphatic carbocycles. The lowest BCUT2D eigenvalue weighted by atomic mass is 9.93. The van der Waals surface area contributed by atoms with Crippen LogP contribution in [0.2, 0.25) is 5.02 Å². The van der Waals surface area contributed by atoms with Gasteiger partial charge in [0.05, 0.1) is 23.0 Å². The summed E-state index contributed by atoms with van der Waals surface area (Å²) < 4.78 is 1.89. The van der Waals surface area contributed by atoms with Crippen molar-refractivity contribution in [1.82, 2.24) is 15.1 Å². The summed E-state index contributed by atoms with van der Waals surface area (Å²) in [6.45, 7) is 7.59. The molecule has 0 aliphatic heterocycles. The van der Waals surface area contributed by atoms with E-state index in [1.54, 1.807) is 6.20 Å². The number of hydrogen-bond donors (Lipinski definition) is 1. The molecule has 0 aromatic carbocycles. The Bertz CT molecular complexity index is 316. The fourth-order valence-electron chi connectivity index (χ4n) is 2.25. The zero-order chi connectivity index (χ0) is 12.8. The van der Waals surface area contributed by atoms with Crippen LogP contribution in [-0.4, -0.2) is 16.3 Å². The van der Waals surface area contributed by atoms with E-state index in [4.69, 9.17) is 11.6 Å². The van der Waals surface area contributed by atoms with Gasteiger partial charge >= 0.3 is 0 Å². The SMILES string of the molecule is CCCCC(C)C(NCC)c1c(Cl)cnn1C. The van der Waals surface area contributed by atoms with Crippen LogP contribution in [0.25, 0.3) is 0 Å². The van der Waals surface area contributed by atoms with Gasteiger partial charge in [0, 0.05) is 7.05 Å². The summed E-state index contributed by atoms with van der Waals surface area (Å²) in [6, 6.07) is 0.298. The first-order valence-electron chi connectivity index (χ1n) is 6.52. The number of aryl methyl sites for hydroxylation is 1. The second-order valence-electron chi connectivity index (χ2n) is 4.66. The smallest absolute Gasteiger partial charge is 0.0834 e. The number of nitrogens with one attached hydrogen (secondary N) is 1. The quantitative estimate of drug-likeness (QED) is 0.810. The van der Waals surface area contributed by atoms with Gasteiger partial charge in [-0.1, -0.05) is 45.2 Å². The van der Waals surface area contributed by atoms with Gasteiger partial charge in [0.15, 0.2) is 0 Å². The minimum absolute atomic E-state index is 0.298. The minimum atomic E-state index is 0.298. The van der Waals surface area contributed by atoms with E-state index in [0.29, 0.717) is 12.0 Å². The van der Waals surface area contributed by atoms with Crippen LogP contribution in [0, 0.1) is 5.92 Å². The van der Waals surface area contributed by atoms with Crippen LogP contribution >= 0.6 is 11.6 Å². The standard InChI is InChI=1S/C13H24ClN3/c1-5-7-8-10(3)12(15-6-2)13-11(14)9-16-17(13)4/h9-10,12,15H,5-8H2,1-4H3. The van der Waals surface area contributed by atoms with E-state index in [0.717, 1.165) is 17.3 Å². The first-order valence-corrected chi connectivity index (χ1v) is 6.90. The highest BCUT2D eigenvalue weighted by molar-refractivity contribution is 6.31. The third-order valence-corrected chi connectivity index (χ3v) is 3.53. The second kappa shape index (κ2) is 7.02. The van der Waals surface area contributed by atoms with Gasteiger partial charge in [-0.15, -0.1) is 0 Å². The molecule has 1 rings (SSSR count). The van der Waals surface area contributed by atoms with Crippen molar-refractivity contribution in [2.75, 3.05) is 6.54 Å². The van der Waals surface area contributed by atoms with Crippen molar-refractivity contribution in [1.29, 1.82) is 0 Å². The number of halogens is 1. The van der Waals surface area contributed by atoms with Crippen LogP contribution in [0.15, 0.2) is 6.20 Å². The lowest BCUT2D eigenvalue weighted by Gasteiger charge is -2.25. The van der Waals surface area contributed by atoms with Gasteiger partial charge in [0.25, 0.3) is 0 Å². The largest absolute Gasteiger partial charge is 0.309 e. The summed E-state index contributed by atoms with van der Waals surface area (Å²) in [5.74, 6) is 0.572. The third kappa shape index (κ3) is 3.71. The van der Waals surface area contributed by atoms with Crippen molar-refractivity contribution in [2.24, 2.45) is 13.0 Å². The molecule has 4 heteroatoms. The molecule has 0 radical (unpaired) electrons. The van der Waals surface area contributed by atoms with Crippen molar-refractivity contribution >= 4 is 11.6 Å².